The fourth-order valence-corrected chi connectivity index (χ4v) is 2.49. The molecule has 0 aliphatic heterocycles. The highest BCUT2D eigenvalue weighted by atomic mass is 16.5. The molecule has 0 aliphatic rings. The molecule has 1 N–H and O–H groups in total. The van der Waals surface area contributed by atoms with Gasteiger partial charge in [-0.2, -0.15) is 0 Å². The van der Waals surface area contributed by atoms with Crippen LogP contribution in [0.2, 0.25) is 0 Å². The molecule has 2 aromatic carbocycles. The topological polar surface area (TPSA) is 73.9 Å². The molecule has 138 valence electrons. The van der Waals surface area contributed by atoms with Gasteiger partial charge in [-0.05, 0) is 37.1 Å². The number of esters is 1. The van der Waals surface area contributed by atoms with E-state index in [0.29, 0.717) is 24.3 Å². The molecule has 0 spiro atoms. The molecule has 2 aromatic rings. The molecule has 6 nitrogen and oxygen atoms in total. The zero-order valence-electron chi connectivity index (χ0n) is 15.2. The van der Waals surface area contributed by atoms with E-state index in [4.69, 9.17) is 14.2 Å². The van der Waals surface area contributed by atoms with Gasteiger partial charge in [-0.15, -0.1) is 0 Å². The Kier molecular flexibility index (Phi) is 7.02. The molecule has 0 bridgehead atoms. The Labute approximate surface area is 153 Å². The first-order chi connectivity index (χ1) is 12.5. The Hall–Kier alpha value is -3.02. The van der Waals surface area contributed by atoms with Gasteiger partial charge in [-0.1, -0.05) is 29.8 Å². The highest BCUT2D eigenvalue weighted by molar-refractivity contribution is 5.94. The van der Waals surface area contributed by atoms with Crippen molar-refractivity contribution in [3.05, 3.63) is 59.2 Å². The molecule has 0 aliphatic carbocycles. The minimum Gasteiger partial charge on any atom is -0.496 e. The summed E-state index contributed by atoms with van der Waals surface area (Å²) in [6.07, 6.45) is 0.620. The fraction of sp³-hybridized carbons (Fsp3) is 0.300. The maximum absolute atomic E-state index is 12.2. The Balaban J connectivity index is 1.82. The number of para-hydroxylation sites is 1. The standard InChI is InChI=1S/C20H23NO5/c1-14-8-9-18(25-3)16(12-14)20(23)26-13-19(22)21-11-10-15-6-4-5-7-17(15)24-2/h4-9,12H,10-11,13H2,1-3H3,(H,21,22). The molecule has 0 saturated carbocycles. The quantitative estimate of drug-likeness (QED) is 0.735. The van der Waals surface area contributed by atoms with Gasteiger partial charge in [0.1, 0.15) is 17.1 Å². The van der Waals surface area contributed by atoms with E-state index in [1.54, 1.807) is 19.2 Å². The molecule has 0 radical (unpaired) electrons. The highest BCUT2D eigenvalue weighted by Gasteiger charge is 2.15. The molecule has 0 unspecified atom stereocenters. The Bertz CT molecular complexity index is 773. The first kappa shape index (κ1) is 19.3. The van der Waals surface area contributed by atoms with Crippen molar-refractivity contribution >= 4 is 11.9 Å². The summed E-state index contributed by atoms with van der Waals surface area (Å²) < 4.78 is 15.5. The van der Waals surface area contributed by atoms with Gasteiger partial charge in [0, 0.05) is 6.54 Å². The lowest BCUT2D eigenvalue weighted by Gasteiger charge is -2.11. The summed E-state index contributed by atoms with van der Waals surface area (Å²) >= 11 is 0. The van der Waals surface area contributed by atoms with E-state index in [2.05, 4.69) is 5.32 Å². The molecular weight excluding hydrogens is 334 g/mol. The van der Waals surface area contributed by atoms with Crippen molar-refractivity contribution in [1.82, 2.24) is 5.32 Å². The molecule has 0 fully saturated rings. The lowest BCUT2D eigenvalue weighted by Crippen LogP contribution is -2.30. The smallest absolute Gasteiger partial charge is 0.342 e. The van der Waals surface area contributed by atoms with Crippen molar-refractivity contribution in [2.45, 2.75) is 13.3 Å². The molecule has 0 saturated heterocycles. The number of carbonyl (C=O) groups excluding carboxylic acids is 2. The van der Waals surface area contributed by atoms with Crippen molar-refractivity contribution in [2.75, 3.05) is 27.4 Å². The maximum Gasteiger partial charge on any atom is 0.342 e. The molecule has 0 aromatic heterocycles. The summed E-state index contributed by atoms with van der Waals surface area (Å²) in [6, 6.07) is 12.8. The minimum absolute atomic E-state index is 0.300. The number of benzene rings is 2. The van der Waals surface area contributed by atoms with E-state index in [1.165, 1.54) is 7.11 Å². The average molecular weight is 357 g/mol. The second-order valence-electron chi connectivity index (χ2n) is 5.69. The fourth-order valence-electron chi connectivity index (χ4n) is 2.49. The summed E-state index contributed by atoms with van der Waals surface area (Å²) in [5.41, 5.74) is 2.20. The molecule has 2 rings (SSSR count). The van der Waals surface area contributed by atoms with Crippen LogP contribution in [0.5, 0.6) is 11.5 Å². The molecule has 1 amide bonds. The Morgan fingerprint density at radius 3 is 2.46 bits per heavy atom. The van der Waals surface area contributed by atoms with E-state index in [1.807, 2.05) is 37.3 Å². The SMILES string of the molecule is COc1ccccc1CCNC(=O)COC(=O)c1cc(C)ccc1OC. The van der Waals surface area contributed by atoms with Crippen LogP contribution in [0.15, 0.2) is 42.5 Å². The maximum atomic E-state index is 12.2. The first-order valence-electron chi connectivity index (χ1n) is 8.25. The zero-order valence-corrected chi connectivity index (χ0v) is 15.2. The predicted octanol–water partition coefficient (Wildman–Crippen LogP) is 2.53. The van der Waals surface area contributed by atoms with Crippen LogP contribution in [0, 0.1) is 6.92 Å². The van der Waals surface area contributed by atoms with E-state index in [9.17, 15) is 9.59 Å². The largest absolute Gasteiger partial charge is 0.496 e. The number of nitrogens with one attached hydrogen (secondary N) is 1. The Morgan fingerprint density at radius 2 is 1.73 bits per heavy atom. The third-order valence-electron chi connectivity index (χ3n) is 3.82. The van der Waals surface area contributed by atoms with Crippen LogP contribution < -0.4 is 14.8 Å². The number of ether oxygens (including phenoxy) is 3. The van der Waals surface area contributed by atoms with Gasteiger partial charge in [0.15, 0.2) is 6.61 Å². The van der Waals surface area contributed by atoms with Gasteiger partial charge in [0.25, 0.3) is 5.91 Å². The molecule has 6 heteroatoms. The van der Waals surface area contributed by atoms with Crippen molar-refractivity contribution < 1.29 is 23.8 Å². The second kappa shape index (κ2) is 9.46. The zero-order chi connectivity index (χ0) is 18.9. The number of methoxy groups -OCH3 is 2. The van der Waals surface area contributed by atoms with Gasteiger partial charge >= 0.3 is 5.97 Å². The number of amides is 1. The van der Waals surface area contributed by atoms with Crippen LogP contribution in [0.4, 0.5) is 0 Å². The Morgan fingerprint density at radius 1 is 1.00 bits per heavy atom. The third-order valence-corrected chi connectivity index (χ3v) is 3.82. The first-order valence-corrected chi connectivity index (χ1v) is 8.25. The minimum atomic E-state index is -0.592. The second-order valence-corrected chi connectivity index (χ2v) is 5.69. The summed E-state index contributed by atoms with van der Waals surface area (Å²) in [5, 5.41) is 2.73. The van der Waals surface area contributed by atoms with Crippen LogP contribution in [0.25, 0.3) is 0 Å². The number of rotatable bonds is 8. The number of aryl methyl sites for hydroxylation is 1. The summed E-state index contributed by atoms with van der Waals surface area (Å²) in [5.74, 6) is 0.238. The number of hydrogen-bond donors (Lipinski definition) is 1. The van der Waals surface area contributed by atoms with Crippen LogP contribution in [0.3, 0.4) is 0 Å². The van der Waals surface area contributed by atoms with Gasteiger partial charge in [0.2, 0.25) is 0 Å². The van der Waals surface area contributed by atoms with Crippen LogP contribution in [-0.4, -0.2) is 39.2 Å². The van der Waals surface area contributed by atoms with Gasteiger partial charge in [-0.3, -0.25) is 4.79 Å². The predicted molar refractivity (Wildman–Crippen MR) is 97.7 cm³/mol. The van der Waals surface area contributed by atoms with Crippen LogP contribution in [0.1, 0.15) is 21.5 Å². The highest BCUT2D eigenvalue weighted by Crippen LogP contribution is 2.20. The van der Waals surface area contributed by atoms with E-state index >= 15 is 0 Å². The third kappa shape index (κ3) is 5.24. The van der Waals surface area contributed by atoms with E-state index < -0.39 is 5.97 Å². The van der Waals surface area contributed by atoms with Crippen molar-refractivity contribution in [1.29, 1.82) is 0 Å². The molecule has 0 atom stereocenters. The summed E-state index contributed by atoms with van der Waals surface area (Å²) in [7, 11) is 3.09. The lowest BCUT2D eigenvalue weighted by atomic mass is 10.1. The molecule has 26 heavy (non-hydrogen) atoms. The average Bonchev–Trinajstić information content (AvgIpc) is 2.66. The van der Waals surface area contributed by atoms with Crippen LogP contribution in [-0.2, 0) is 16.0 Å². The molecule has 0 heterocycles. The van der Waals surface area contributed by atoms with Crippen molar-refractivity contribution in [3.63, 3.8) is 0 Å². The van der Waals surface area contributed by atoms with Gasteiger partial charge in [0.05, 0.1) is 14.2 Å². The van der Waals surface area contributed by atoms with Crippen LogP contribution >= 0.6 is 0 Å². The van der Waals surface area contributed by atoms with Crippen molar-refractivity contribution in [2.24, 2.45) is 0 Å². The van der Waals surface area contributed by atoms with Crippen molar-refractivity contribution in [3.8, 4) is 11.5 Å². The summed E-state index contributed by atoms with van der Waals surface area (Å²) in [6.45, 7) is 1.94. The normalized spacial score (nSPS) is 10.1. The number of carbonyl (C=O) groups is 2. The number of hydrogen-bond acceptors (Lipinski definition) is 5. The lowest BCUT2D eigenvalue weighted by molar-refractivity contribution is -0.124. The monoisotopic (exact) mass is 357 g/mol. The van der Waals surface area contributed by atoms with E-state index in [0.717, 1.165) is 16.9 Å². The van der Waals surface area contributed by atoms with Gasteiger partial charge < -0.3 is 19.5 Å². The van der Waals surface area contributed by atoms with Gasteiger partial charge in [-0.25, -0.2) is 4.79 Å². The van der Waals surface area contributed by atoms with E-state index in [-0.39, 0.29) is 12.5 Å². The summed E-state index contributed by atoms with van der Waals surface area (Å²) in [4.78, 5) is 24.1. The molecular formula is C20H23NO5.